The Hall–Kier alpha value is -0.965. The van der Waals surface area contributed by atoms with Gasteiger partial charge < -0.3 is 4.65 Å². The van der Waals surface area contributed by atoms with Crippen molar-refractivity contribution in [1.82, 2.24) is 0 Å². The second kappa shape index (κ2) is 2.77. The lowest BCUT2D eigenvalue weighted by molar-refractivity contribution is -0.138. The SMILES string of the molecule is FC(F)(F)c1cccc2c1COB2. The van der Waals surface area contributed by atoms with E-state index in [1.54, 1.807) is 6.07 Å². The highest BCUT2D eigenvalue weighted by molar-refractivity contribution is 6.48. The van der Waals surface area contributed by atoms with E-state index in [1.807, 2.05) is 0 Å². The minimum atomic E-state index is -4.26. The molecule has 1 aromatic rings. The molecule has 2 rings (SSSR count). The first-order valence-electron chi connectivity index (χ1n) is 3.85. The molecule has 0 spiro atoms. The lowest BCUT2D eigenvalue weighted by atomic mass is 9.85. The summed E-state index contributed by atoms with van der Waals surface area (Å²) in [5.74, 6) is 0. The monoisotopic (exact) mass is 186 g/mol. The molecular weight excluding hydrogens is 180 g/mol. The van der Waals surface area contributed by atoms with Gasteiger partial charge in [-0.05, 0) is 17.1 Å². The van der Waals surface area contributed by atoms with Crippen LogP contribution in [0, 0.1) is 0 Å². The maximum Gasteiger partial charge on any atom is 0.416 e. The van der Waals surface area contributed by atoms with Gasteiger partial charge in [-0.3, -0.25) is 0 Å². The van der Waals surface area contributed by atoms with Crippen LogP contribution < -0.4 is 5.46 Å². The maximum absolute atomic E-state index is 12.4. The second-order valence-electron chi connectivity index (χ2n) is 2.93. The molecule has 0 aromatic heterocycles. The lowest BCUT2D eigenvalue weighted by Crippen LogP contribution is -2.17. The van der Waals surface area contributed by atoms with Gasteiger partial charge in [-0.2, -0.15) is 13.2 Å². The Balaban J connectivity index is 2.54. The van der Waals surface area contributed by atoms with Gasteiger partial charge in [0.15, 0.2) is 0 Å². The van der Waals surface area contributed by atoms with E-state index in [-0.39, 0.29) is 12.2 Å². The summed E-state index contributed by atoms with van der Waals surface area (Å²) in [5.41, 5.74) is 0.368. The molecule has 1 nitrogen and oxygen atoms in total. The first-order chi connectivity index (χ1) is 6.09. The fraction of sp³-hybridized carbons (Fsp3) is 0.250. The maximum atomic E-state index is 12.4. The summed E-state index contributed by atoms with van der Waals surface area (Å²) in [6.07, 6.45) is -4.26. The second-order valence-corrected chi connectivity index (χ2v) is 2.93. The molecule has 68 valence electrons. The van der Waals surface area contributed by atoms with E-state index >= 15 is 0 Å². The standard InChI is InChI=1S/C8H6BF3O/c10-8(11,12)6-2-1-3-7-5(6)4-13-9-7/h1-3,9H,4H2. The van der Waals surface area contributed by atoms with Crippen molar-refractivity contribution in [3.63, 3.8) is 0 Å². The van der Waals surface area contributed by atoms with Crippen LogP contribution in [-0.2, 0) is 17.4 Å². The number of alkyl halides is 3. The van der Waals surface area contributed by atoms with E-state index in [2.05, 4.69) is 0 Å². The van der Waals surface area contributed by atoms with Gasteiger partial charge in [0.25, 0.3) is 0 Å². The highest BCUT2D eigenvalue weighted by Gasteiger charge is 2.35. The first kappa shape index (κ1) is 8.63. The normalized spacial score (nSPS) is 15.3. The fourth-order valence-electron chi connectivity index (χ4n) is 1.47. The number of fused-ring (bicyclic) bond motifs is 1. The minimum absolute atomic E-state index is 0.0744. The number of halogens is 3. The van der Waals surface area contributed by atoms with E-state index < -0.39 is 11.7 Å². The molecule has 0 aliphatic carbocycles. The Morgan fingerprint density at radius 1 is 1.31 bits per heavy atom. The van der Waals surface area contributed by atoms with Crippen molar-refractivity contribution < 1.29 is 17.8 Å². The summed E-state index contributed by atoms with van der Waals surface area (Å²) in [6.45, 7) is 0.0744. The Kier molecular flexibility index (Phi) is 1.84. The molecule has 0 atom stereocenters. The van der Waals surface area contributed by atoms with Crippen LogP contribution in [-0.4, -0.2) is 7.48 Å². The molecule has 1 heterocycles. The zero-order valence-corrected chi connectivity index (χ0v) is 6.69. The summed E-state index contributed by atoms with van der Waals surface area (Å²) in [4.78, 5) is 0. The molecular formula is C8H6BF3O. The quantitative estimate of drug-likeness (QED) is 0.553. The number of hydrogen-bond donors (Lipinski definition) is 0. The summed E-state index contributed by atoms with van der Waals surface area (Å²) < 4.78 is 42.1. The van der Waals surface area contributed by atoms with Crippen LogP contribution in [0.5, 0.6) is 0 Å². The van der Waals surface area contributed by atoms with Gasteiger partial charge >= 0.3 is 13.7 Å². The van der Waals surface area contributed by atoms with Gasteiger partial charge in [-0.15, -0.1) is 0 Å². The third-order valence-electron chi connectivity index (χ3n) is 2.08. The largest absolute Gasteiger partial charge is 0.430 e. The van der Waals surface area contributed by atoms with Crippen LogP contribution >= 0.6 is 0 Å². The molecule has 0 saturated heterocycles. The van der Waals surface area contributed by atoms with E-state index in [1.165, 1.54) is 6.07 Å². The molecule has 1 aromatic carbocycles. The van der Waals surface area contributed by atoms with Crippen LogP contribution in [0.3, 0.4) is 0 Å². The van der Waals surface area contributed by atoms with Gasteiger partial charge in [0.1, 0.15) is 0 Å². The van der Waals surface area contributed by atoms with Gasteiger partial charge in [-0.25, -0.2) is 0 Å². The van der Waals surface area contributed by atoms with Crippen LogP contribution in [0.2, 0.25) is 0 Å². The van der Waals surface area contributed by atoms with Gasteiger partial charge in [0.2, 0.25) is 0 Å². The molecule has 1 aliphatic heterocycles. The number of rotatable bonds is 0. The average molecular weight is 186 g/mol. The van der Waals surface area contributed by atoms with Crippen LogP contribution in [0.1, 0.15) is 11.1 Å². The smallest absolute Gasteiger partial charge is 0.416 e. The van der Waals surface area contributed by atoms with Crippen molar-refractivity contribution >= 4 is 12.9 Å². The molecule has 0 fully saturated rings. The molecule has 0 amide bonds. The lowest BCUT2D eigenvalue weighted by Gasteiger charge is -2.10. The summed E-state index contributed by atoms with van der Waals surface area (Å²) >= 11 is 0. The van der Waals surface area contributed by atoms with Crippen molar-refractivity contribution in [2.24, 2.45) is 0 Å². The van der Waals surface area contributed by atoms with Crippen LogP contribution in [0.25, 0.3) is 0 Å². The third-order valence-corrected chi connectivity index (χ3v) is 2.08. The summed E-state index contributed by atoms with van der Waals surface area (Å²) in [6, 6.07) is 4.17. The Labute approximate surface area is 73.8 Å². The first-order valence-corrected chi connectivity index (χ1v) is 3.85. The molecule has 0 saturated carbocycles. The highest BCUT2D eigenvalue weighted by atomic mass is 19.4. The molecule has 0 N–H and O–H groups in total. The van der Waals surface area contributed by atoms with Gasteiger partial charge in [0, 0.05) is 0 Å². The number of hydrogen-bond acceptors (Lipinski definition) is 1. The minimum Gasteiger partial charge on any atom is -0.430 e. The molecule has 0 bridgehead atoms. The van der Waals surface area contributed by atoms with Crippen LogP contribution in [0.4, 0.5) is 13.2 Å². The molecule has 13 heavy (non-hydrogen) atoms. The Morgan fingerprint density at radius 3 is 2.77 bits per heavy atom. The van der Waals surface area contributed by atoms with Crippen molar-refractivity contribution in [1.29, 1.82) is 0 Å². The van der Waals surface area contributed by atoms with Crippen molar-refractivity contribution in [3.8, 4) is 0 Å². The van der Waals surface area contributed by atoms with Gasteiger partial charge in [-0.1, -0.05) is 12.1 Å². The molecule has 0 radical (unpaired) electrons. The van der Waals surface area contributed by atoms with E-state index in [0.29, 0.717) is 12.9 Å². The van der Waals surface area contributed by atoms with Crippen molar-refractivity contribution in [2.75, 3.05) is 0 Å². The van der Waals surface area contributed by atoms with Crippen molar-refractivity contribution in [3.05, 3.63) is 29.3 Å². The highest BCUT2D eigenvalue weighted by Crippen LogP contribution is 2.32. The zero-order chi connectivity index (χ0) is 9.47. The summed E-state index contributed by atoms with van der Waals surface area (Å²) in [7, 11) is 0.291. The number of benzene rings is 1. The molecule has 0 unspecified atom stereocenters. The third kappa shape index (κ3) is 1.44. The zero-order valence-electron chi connectivity index (χ0n) is 6.69. The fourth-order valence-corrected chi connectivity index (χ4v) is 1.47. The van der Waals surface area contributed by atoms with Gasteiger partial charge in [0.05, 0.1) is 12.2 Å². The molecule has 1 aliphatic rings. The summed E-state index contributed by atoms with van der Waals surface area (Å²) in [5, 5.41) is 0. The average Bonchev–Trinajstić information content (AvgIpc) is 2.48. The van der Waals surface area contributed by atoms with Crippen LogP contribution in [0.15, 0.2) is 18.2 Å². The predicted molar refractivity (Wildman–Crippen MR) is 43.0 cm³/mol. The van der Waals surface area contributed by atoms with E-state index in [4.69, 9.17) is 4.65 Å². The van der Waals surface area contributed by atoms with E-state index in [0.717, 1.165) is 6.07 Å². The van der Waals surface area contributed by atoms with Crippen molar-refractivity contribution in [2.45, 2.75) is 12.8 Å². The Bertz CT molecular complexity index is 335. The van der Waals surface area contributed by atoms with E-state index in [9.17, 15) is 13.2 Å². The predicted octanol–water partition coefficient (Wildman–Crippen LogP) is 1.21. The Morgan fingerprint density at radius 2 is 2.08 bits per heavy atom. The topological polar surface area (TPSA) is 9.23 Å². The molecule has 5 heteroatoms.